The van der Waals surface area contributed by atoms with Crippen molar-refractivity contribution in [3.05, 3.63) is 96.1 Å². The fourth-order valence-corrected chi connectivity index (χ4v) is 3.36. The molecule has 9 heteroatoms. The van der Waals surface area contributed by atoms with E-state index in [0.717, 1.165) is 16.7 Å². The minimum atomic E-state index is -1.04. The molecule has 0 aliphatic rings. The van der Waals surface area contributed by atoms with Crippen LogP contribution in [0.2, 0.25) is 0 Å². The minimum absolute atomic E-state index is 0.440. The maximum atomic E-state index is 11.3. The van der Waals surface area contributed by atoms with Crippen LogP contribution in [0, 0.1) is 6.92 Å². The third kappa shape index (κ3) is 3.88. The predicted octanol–water partition coefficient (Wildman–Crippen LogP) is 3.08. The van der Waals surface area contributed by atoms with Gasteiger partial charge in [-0.3, -0.25) is 0 Å². The molecule has 0 aliphatic carbocycles. The fraction of sp³-hybridized carbons (Fsp3) is 0.130. The van der Waals surface area contributed by atoms with Crippen molar-refractivity contribution in [2.75, 3.05) is 0 Å². The van der Waals surface area contributed by atoms with Gasteiger partial charge in [-0.15, -0.1) is 30.0 Å². The third-order valence-corrected chi connectivity index (χ3v) is 5.09. The molecule has 0 amide bonds. The quantitative estimate of drug-likeness (QED) is 0.446. The van der Waals surface area contributed by atoms with Crippen molar-refractivity contribution in [3.63, 3.8) is 0 Å². The molecular formula is C23H20N8O. The Balaban J connectivity index is 1.56. The van der Waals surface area contributed by atoms with E-state index in [1.54, 1.807) is 0 Å². The van der Waals surface area contributed by atoms with Crippen molar-refractivity contribution in [1.82, 2.24) is 40.4 Å². The van der Waals surface area contributed by atoms with Crippen LogP contribution in [-0.2, 0) is 0 Å². The van der Waals surface area contributed by atoms with Crippen LogP contribution in [0.5, 0.6) is 0 Å². The molecule has 9 nitrogen and oxygen atoms in total. The molecule has 3 aromatic carbocycles. The number of aliphatic hydroxyl groups is 1. The SMILES string of the molecule is Cc1ccc(C(O)C(n2nnc(-c3ccccc3)n2)n2nnc(-c3ccccc3)n2)cc1. The van der Waals surface area contributed by atoms with Crippen LogP contribution in [0.25, 0.3) is 22.8 Å². The van der Waals surface area contributed by atoms with Crippen LogP contribution in [0.15, 0.2) is 84.9 Å². The highest BCUT2D eigenvalue weighted by Crippen LogP contribution is 2.27. The number of hydrogen-bond donors (Lipinski definition) is 1. The van der Waals surface area contributed by atoms with E-state index in [9.17, 15) is 5.11 Å². The van der Waals surface area contributed by atoms with Crippen LogP contribution in [0.1, 0.15) is 23.4 Å². The lowest BCUT2D eigenvalue weighted by atomic mass is 10.1. The summed E-state index contributed by atoms with van der Waals surface area (Å²) in [6, 6.07) is 26.6. The number of aromatic nitrogens is 8. The van der Waals surface area contributed by atoms with Gasteiger partial charge in [0.05, 0.1) is 0 Å². The second-order valence-electron chi connectivity index (χ2n) is 7.37. The Morgan fingerprint density at radius 3 is 1.59 bits per heavy atom. The number of aryl methyl sites for hydroxylation is 1. The molecule has 0 fully saturated rings. The van der Waals surface area contributed by atoms with Crippen LogP contribution < -0.4 is 0 Å². The zero-order valence-electron chi connectivity index (χ0n) is 17.3. The molecule has 1 N–H and O–H groups in total. The van der Waals surface area contributed by atoms with Gasteiger partial charge < -0.3 is 5.11 Å². The number of rotatable bonds is 6. The Kier molecular flexibility index (Phi) is 5.22. The molecule has 158 valence electrons. The normalized spacial score (nSPS) is 12.2. The van der Waals surface area contributed by atoms with Crippen molar-refractivity contribution < 1.29 is 5.11 Å². The average molecular weight is 424 g/mol. The van der Waals surface area contributed by atoms with Crippen LogP contribution in [0.4, 0.5) is 0 Å². The Morgan fingerprint density at radius 1 is 0.656 bits per heavy atom. The molecule has 0 saturated heterocycles. The molecule has 0 bridgehead atoms. The van der Waals surface area contributed by atoms with E-state index in [0.29, 0.717) is 17.2 Å². The van der Waals surface area contributed by atoms with E-state index in [1.165, 1.54) is 9.59 Å². The minimum Gasteiger partial charge on any atom is -0.384 e. The number of nitrogens with zero attached hydrogens (tertiary/aromatic N) is 8. The summed E-state index contributed by atoms with van der Waals surface area (Å²) >= 11 is 0. The molecule has 2 heterocycles. The molecule has 1 atom stereocenters. The van der Waals surface area contributed by atoms with Gasteiger partial charge in [0.2, 0.25) is 17.8 Å². The number of aliphatic hydroxyl groups excluding tert-OH is 1. The highest BCUT2D eigenvalue weighted by molar-refractivity contribution is 5.53. The van der Waals surface area contributed by atoms with Gasteiger partial charge in [0, 0.05) is 11.1 Å². The summed E-state index contributed by atoms with van der Waals surface area (Å²) in [7, 11) is 0. The maximum Gasteiger partial charge on any atom is 0.215 e. The van der Waals surface area contributed by atoms with Crippen molar-refractivity contribution in [2.24, 2.45) is 0 Å². The zero-order chi connectivity index (χ0) is 21.9. The second kappa shape index (κ2) is 8.48. The van der Waals surface area contributed by atoms with Crippen LogP contribution in [0.3, 0.4) is 0 Å². The van der Waals surface area contributed by atoms with E-state index in [4.69, 9.17) is 0 Å². The topological polar surface area (TPSA) is 107 Å². The molecule has 5 aromatic rings. The van der Waals surface area contributed by atoms with Gasteiger partial charge >= 0.3 is 0 Å². The van der Waals surface area contributed by atoms with Crippen molar-refractivity contribution in [2.45, 2.75) is 19.2 Å². The van der Waals surface area contributed by atoms with E-state index < -0.39 is 12.3 Å². The lowest BCUT2D eigenvalue weighted by molar-refractivity contribution is 0.0633. The first kappa shape index (κ1) is 19.7. The van der Waals surface area contributed by atoms with Gasteiger partial charge in [0.1, 0.15) is 6.10 Å². The highest BCUT2D eigenvalue weighted by Gasteiger charge is 2.30. The van der Waals surface area contributed by atoms with Gasteiger partial charge in [-0.05, 0) is 22.9 Å². The molecule has 2 aromatic heterocycles. The molecule has 0 radical (unpaired) electrons. The van der Waals surface area contributed by atoms with Gasteiger partial charge in [-0.25, -0.2) is 0 Å². The molecule has 0 aliphatic heterocycles. The van der Waals surface area contributed by atoms with E-state index in [-0.39, 0.29) is 0 Å². The summed E-state index contributed by atoms with van der Waals surface area (Å²) < 4.78 is 0. The molecule has 32 heavy (non-hydrogen) atoms. The molecule has 0 spiro atoms. The first-order valence-corrected chi connectivity index (χ1v) is 10.1. The van der Waals surface area contributed by atoms with Crippen LogP contribution >= 0.6 is 0 Å². The Labute approximate surface area is 184 Å². The first-order valence-electron chi connectivity index (χ1n) is 10.1. The van der Waals surface area contributed by atoms with E-state index in [2.05, 4.69) is 30.8 Å². The zero-order valence-corrected chi connectivity index (χ0v) is 17.3. The summed E-state index contributed by atoms with van der Waals surface area (Å²) in [6.07, 6.45) is -1.92. The molecule has 0 saturated carbocycles. The van der Waals surface area contributed by atoms with Gasteiger partial charge in [0.15, 0.2) is 0 Å². The van der Waals surface area contributed by atoms with Crippen molar-refractivity contribution >= 4 is 0 Å². The Morgan fingerprint density at radius 2 is 1.12 bits per heavy atom. The van der Waals surface area contributed by atoms with Crippen molar-refractivity contribution in [1.29, 1.82) is 0 Å². The van der Waals surface area contributed by atoms with Crippen LogP contribution in [-0.4, -0.2) is 45.5 Å². The maximum absolute atomic E-state index is 11.3. The summed E-state index contributed by atoms with van der Waals surface area (Å²) in [6.45, 7) is 1.99. The number of hydrogen-bond acceptors (Lipinski definition) is 7. The second-order valence-corrected chi connectivity index (χ2v) is 7.37. The molecule has 5 rings (SSSR count). The lowest BCUT2D eigenvalue weighted by Gasteiger charge is -2.20. The number of benzene rings is 3. The van der Waals surface area contributed by atoms with Gasteiger partial charge in [-0.2, -0.15) is 0 Å². The molecular weight excluding hydrogens is 404 g/mol. The standard InChI is InChI=1S/C23H20N8O/c1-16-12-14-17(15-13-16)20(32)23(30-26-21(24-28-30)18-8-4-2-5-9-18)31-27-22(25-29-31)19-10-6-3-7-11-19/h2-15,20,23,32H,1H3. The summed E-state index contributed by atoms with van der Waals surface area (Å²) in [5.41, 5.74) is 3.41. The summed E-state index contributed by atoms with van der Waals surface area (Å²) in [5.74, 6) is 0.880. The summed E-state index contributed by atoms with van der Waals surface area (Å²) in [5, 5.41) is 37.0. The van der Waals surface area contributed by atoms with E-state index >= 15 is 0 Å². The monoisotopic (exact) mass is 424 g/mol. The predicted molar refractivity (Wildman–Crippen MR) is 117 cm³/mol. The highest BCUT2D eigenvalue weighted by atomic mass is 16.3. The lowest BCUT2D eigenvalue weighted by Crippen LogP contribution is -2.29. The Bertz CT molecular complexity index is 1220. The van der Waals surface area contributed by atoms with E-state index in [1.807, 2.05) is 91.9 Å². The van der Waals surface area contributed by atoms with Gasteiger partial charge in [-0.1, -0.05) is 90.5 Å². The third-order valence-electron chi connectivity index (χ3n) is 5.09. The summed E-state index contributed by atoms with van der Waals surface area (Å²) in [4.78, 5) is 2.65. The number of tetrazole rings is 2. The smallest absolute Gasteiger partial charge is 0.215 e. The Hall–Kier alpha value is -4.24. The van der Waals surface area contributed by atoms with Crippen molar-refractivity contribution in [3.8, 4) is 22.8 Å². The molecule has 1 unspecified atom stereocenters. The largest absolute Gasteiger partial charge is 0.384 e. The van der Waals surface area contributed by atoms with Gasteiger partial charge in [0.25, 0.3) is 0 Å². The fourth-order valence-electron chi connectivity index (χ4n) is 3.36. The average Bonchev–Trinajstić information content (AvgIpc) is 3.52. The first-order chi connectivity index (χ1) is 15.7.